The number of nitrogens with zero attached hydrogens (tertiary/aromatic N) is 3. The van der Waals surface area contributed by atoms with Crippen LogP contribution in [0.5, 0.6) is 0 Å². The van der Waals surface area contributed by atoms with Crippen molar-refractivity contribution in [2.75, 3.05) is 13.6 Å². The number of para-hydroxylation sites is 1. The van der Waals surface area contributed by atoms with Gasteiger partial charge in [0.25, 0.3) is 5.91 Å². The second-order valence-electron chi connectivity index (χ2n) is 7.40. The van der Waals surface area contributed by atoms with Crippen molar-refractivity contribution in [1.82, 2.24) is 20.0 Å². The van der Waals surface area contributed by atoms with Crippen molar-refractivity contribution in [2.45, 2.75) is 27.3 Å². The SMILES string of the molecule is Cc1ccccc1-n1nc(C)c(CN(C)C(=O)CNC(=O)c2ccc(F)cc2F)c1C. The molecule has 6 nitrogen and oxygen atoms in total. The lowest BCUT2D eigenvalue weighted by Gasteiger charge is -2.18. The summed E-state index contributed by atoms with van der Waals surface area (Å²) >= 11 is 0. The van der Waals surface area contributed by atoms with Gasteiger partial charge in [-0.1, -0.05) is 18.2 Å². The maximum atomic E-state index is 13.7. The Morgan fingerprint density at radius 2 is 1.81 bits per heavy atom. The van der Waals surface area contributed by atoms with Crippen LogP contribution in [-0.4, -0.2) is 40.1 Å². The van der Waals surface area contributed by atoms with Gasteiger partial charge < -0.3 is 10.2 Å². The molecule has 0 saturated carbocycles. The van der Waals surface area contributed by atoms with Crippen LogP contribution in [0, 0.1) is 32.4 Å². The van der Waals surface area contributed by atoms with Gasteiger partial charge in [-0.15, -0.1) is 0 Å². The number of amides is 2. The fourth-order valence-corrected chi connectivity index (χ4v) is 3.32. The topological polar surface area (TPSA) is 67.2 Å². The van der Waals surface area contributed by atoms with E-state index in [2.05, 4.69) is 10.4 Å². The molecule has 3 aromatic rings. The van der Waals surface area contributed by atoms with Gasteiger partial charge in [-0.25, -0.2) is 13.5 Å². The van der Waals surface area contributed by atoms with E-state index in [1.54, 1.807) is 7.05 Å². The summed E-state index contributed by atoms with van der Waals surface area (Å²) in [5, 5.41) is 7.00. The first-order valence-electron chi connectivity index (χ1n) is 9.77. The average Bonchev–Trinajstić information content (AvgIpc) is 3.00. The molecule has 2 aromatic carbocycles. The molecule has 8 heteroatoms. The summed E-state index contributed by atoms with van der Waals surface area (Å²) in [4.78, 5) is 26.1. The number of rotatable bonds is 6. The molecule has 31 heavy (non-hydrogen) atoms. The van der Waals surface area contributed by atoms with Crippen molar-refractivity contribution >= 4 is 11.8 Å². The number of aromatic nitrogens is 2. The number of likely N-dealkylation sites (N-methyl/N-ethyl adjacent to an activating group) is 1. The van der Waals surface area contributed by atoms with Crippen molar-refractivity contribution in [2.24, 2.45) is 0 Å². The zero-order chi connectivity index (χ0) is 22.7. The number of carbonyl (C=O) groups excluding carboxylic acids is 2. The maximum Gasteiger partial charge on any atom is 0.254 e. The van der Waals surface area contributed by atoms with E-state index in [0.717, 1.165) is 40.3 Å². The highest BCUT2D eigenvalue weighted by atomic mass is 19.1. The van der Waals surface area contributed by atoms with Crippen LogP contribution in [0.15, 0.2) is 42.5 Å². The number of hydrogen-bond donors (Lipinski definition) is 1. The zero-order valence-electron chi connectivity index (χ0n) is 17.9. The van der Waals surface area contributed by atoms with Crippen molar-refractivity contribution < 1.29 is 18.4 Å². The first-order valence-corrected chi connectivity index (χ1v) is 9.77. The third-order valence-electron chi connectivity index (χ3n) is 5.18. The lowest BCUT2D eigenvalue weighted by molar-refractivity contribution is -0.129. The van der Waals surface area contributed by atoms with Crippen molar-refractivity contribution in [3.63, 3.8) is 0 Å². The second kappa shape index (κ2) is 9.07. The minimum Gasteiger partial charge on any atom is -0.343 e. The lowest BCUT2D eigenvalue weighted by atomic mass is 10.1. The molecule has 0 fully saturated rings. The van der Waals surface area contributed by atoms with E-state index >= 15 is 0 Å². The normalized spacial score (nSPS) is 10.8. The predicted molar refractivity (Wildman–Crippen MR) is 113 cm³/mol. The fourth-order valence-electron chi connectivity index (χ4n) is 3.32. The van der Waals surface area contributed by atoms with Crippen LogP contribution < -0.4 is 5.32 Å². The molecular formula is C23H24F2N4O2. The molecule has 0 aliphatic rings. The Morgan fingerprint density at radius 1 is 1.10 bits per heavy atom. The van der Waals surface area contributed by atoms with Gasteiger partial charge in [-0.2, -0.15) is 5.10 Å². The first-order chi connectivity index (χ1) is 14.7. The number of nitrogens with one attached hydrogen (secondary N) is 1. The maximum absolute atomic E-state index is 13.7. The summed E-state index contributed by atoms with van der Waals surface area (Å²) in [5.74, 6) is -2.88. The quantitative estimate of drug-likeness (QED) is 0.657. The van der Waals surface area contributed by atoms with Gasteiger partial charge in [0.1, 0.15) is 11.6 Å². The molecule has 0 saturated heterocycles. The van der Waals surface area contributed by atoms with Gasteiger partial charge in [0.15, 0.2) is 0 Å². The summed E-state index contributed by atoms with van der Waals surface area (Å²) in [6.45, 7) is 5.83. The van der Waals surface area contributed by atoms with Gasteiger partial charge in [-0.05, 0) is 44.5 Å². The number of benzene rings is 2. The van der Waals surface area contributed by atoms with Crippen LogP contribution in [0.25, 0.3) is 5.69 Å². The molecule has 2 amide bonds. The highest BCUT2D eigenvalue weighted by Gasteiger charge is 2.19. The summed E-state index contributed by atoms with van der Waals surface area (Å²) in [6, 6.07) is 10.6. The summed E-state index contributed by atoms with van der Waals surface area (Å²) in [7, 11) is 1.62. The second-order valence-corrected chi connectivity index (χ2v) is 7.40. The smallest absolute Gasteiger partial charge is 0.254 e. The van der Waals surface area contributed by atoms with Gasteiger partial charge >= 0.3 is 0 Å². The van der Waals surface area contributed by atoms with Crippen LogP contribution in [-0.2, 0) is 11.3 Å². The summed E-state index contributed by atoms with van der Waals surface area (Å²) < 4.78 is 28.6. The highest BCUT2D eigenvalue weighted by molar-refractivity contribution is 5.96. The largest absolute Gasteiger partial charge is 0.343 e. The van der Waals surface area contributed by atoms with Crippen molar-refractivity contribution in [1.29, 1.82) is 0 Å². The van der Waals surface area contributed by atoms with Gasteiger partial charge in [0, 0.05) is 30.9 Å². The van der Waals surface area contributed by atoms with E-state index in [0.29, 0.717) is 12.6 Å². The van der Waals surface area contributed by atoms with Crippen LogP contribution in [0.2, 0.25) is 0 Å². The number of hydrogen-bond acceptors (Lipinski definition) is 3. The minimum atomic E-state index is -0.979. The standard InChI is InChI=1S/C23H24F2N4O2/c1-14-7-5-6-8-21(14)29-16(3)19(15(2)27-29)13-28(4)22(30)12-26-23(31)18-10-9-17(24)11-20(18)25/h5-11H,12-13H2,1-4H3,(H,26,31). The van der Waals surface area contributed by atoms with Crippen LogP contribution in [0.3, 0.4) is 0 Å². The molecule has 0 unspecified atom stereocenters. The average molecular weight is 426 g/mol. The summed E-state index contributed by atoms with van der Waals surface area (Å²) in [5.41, 5.74) is 4.37. The molecule has 0 spiro atoms. The molecule has 162 valence electrons. The van der Waals surface area contributed by atoms with E-state index in [-0.39, 0.29) is 18.0 Å². The van der Waals surface area contributed by atoms with E-state index in [1.165, 1.54) is 4.90 Å². The van der Waals surface area contributed by atoms with Gasteiger partial charge in [0.05, 0.1) is 23.5 Å². The molecule has 1 aromatic heterocycles. The van der Waals surface area contributed by atoms with Crippen molar-refractivity contribution in [3.8, 4) is 5.69 Å². The van der Waals surface area contributed by atoms with Gasteiger partial charge in [-0.3, -0.25) is 9.59 Å². The molecule has 0 aliphatic carbocycles. The van der Waals surface area contributed by atoms with E-state index in [4.69, 9.17) is 0 Å². The van der Waals surface area contributed by atoms with Crippen LogP contribution in [0.1, 0.15) is 32.9 Å². The molecule has 1 N–H and O–H groups in total. The monoisotopic (exact) mass is 426 g/mol. The summed E-state index contributed by atoms with van der Waals surface area (Å²) in [6.07, 6.45) is 0. The zero-order valence-corrected chi connectivity index (χ0v) is 17.9. The van der Waals surface area contributed by atoms with E-state index in [9.17, 15) is 18.4 Å². The minimum absolute atomic E-state index is 0.309. The van der Waals surface area contributed by atoms with E-state index in [1.807, 2.05) is 49.7 Å². The number of halogens is 2. The Labute approximate surface area is 179 Å². The first kappa shape index (κ1) is 22.1. The van der Waals surface area contributed by atoms with Crippen LogP contribution >= 0.6 is 0 Å². The molecular weight excluding hydrogens is 402 g/mol. The molecule has 3 rings (SSSR count). The number of aryl methyl sites for hydroxylation is 2. The lowest BCUT2D eigenvalue weighted by Crippen LogP contribution is -2.38. The Bertz CT molecular complexity index is 1140. The molecule has 0 bridgehead atoms. The Morgan fingerprint density at radius 3 is 2.48 bits per heavy atom. The fraction of sp³-hybridized carbons (Fsp3) is 0.261. The third-order valence-corrected chi connectivity index (χ3v) is 5.18. The predicted octanol–water partition coefficient (Wildman–Crippen LogP) is 3.46. The molecule has 1 heterocycles. The Hall–Kier alpha value is -3.55. The number of carbonyl (C=O) groups is 2. The van der Waals surface area contributed by atoms with Gasteiger partial charge in [0.2, 0.25) is 5.91 Å². The van der Waals surface area contributed by atoms with E-state index < -0.39 is 17.5 Å². The third kappa shape index (κ3) is 4.79. The van der Waals surface area contributed by atoms with Crippen LogP contribution in [0.4, 0.5) is 8.78 Å². The highest BCUT2D eigenvalue weighted by Crippen LogP contribution is 2.21. The van der Waals surface area contributed by atoms with Crippen molar-refractivity contribution in [3.05, 3.63) is 82.2 Å². The Kier molecular flexibility index (Phi) is 6.48. The molecule has 0 aliphatic heterocycles. The Balaban J connectivity index is 1.67. The molecule has 0 radical (unpaired) electrons. The molecule has 0 atom stereocenters.